The SMILES string of the molecule is CC(C)(C)c1cc(NC(=O)NC2CCN(CC3CC3)C2)n(C(C)(C)C)n1. The van der Waals surface area contributed by atoms with E-state index in [9.17, 15) is 4.79 Å². The van der Waals surface area contributed by atoms with Crippen molar-refractivity contribution in [1.82, 2.24) is 20.0 Å². The maximum absolute atomic E-state index is 12.6. The number of nitrogens with one attached hydrogen (secondary N) is 2. The summed E-state index contributed by atoms with van der Waals surface area (Å²) >= 11 is 0. The molecule has 0 radical (unpaired) electrons. The number of anilines is 1. The highest BCUT2D eigenvalue weighted by Gasteiger charge is 2.30. The van der Waals surface area contributed by atoms with Crippen LogP contribution in [0.3, 0.4) is 0 Å². The molecule has 1 aromatic heterocycles. The summed E-state index contributed by atoms with van der Waals surface area (Å²) in [5, 5.41) is 10.9. The van der Waals surface area contributed by atoms with E-state index in [-0.39, 0.29) is 23.0 Å². The third kappa shape index (κ3) is 4.78. The van der Waals surface area contributed by atoms with Crippen molar-refractivity contribution in [3.63, 3.8) is 0 Å². The molecule has 1 saturated heterocycles. The molecule has 3 rings (SSSR count). The first-order valence-corrected chi connectivity index (χ1v) is 9.93. The average Bonchev–Trinajstić information content (AvgIpc) is 3.00. The minimum absolute atomic E-state index is 0.0574. The Hall–Kier alpha value is -1.56. The van der Waals surface area contributed by atoms with Crippen molar-refractivity contribution in [2.75, 3.05) is 25.0 Å². The van der Waals surface area contributed by atoms with Crippen LogP contribution in [0.4, 0.5) is 10.6 Å². The highest BCUT2D eigenvalue weighted by Crippen LogP contribution is 2.31. The van der Waals surface area contributed by atoms with Gasteiger partial charge >= 0.3 is 6.03 Å². The Kier molecular flexibility index (Phi) is 5.08. The molecule has 146 valence electrons. The molecule has 0 spiro atoms. The standard InChI is InChI=1S/C20H35N5O/c1-19(2,3)16-11-17(25(23-16)20(4,5)6)22-18(26)21-15-9-10-24(13-15)12-14-7-8-14/h11,14-15H,7-10,12-13H2,1-6H3,(H2,21,22,26). The van der Waals surface area contributed by atoms with Crippen molar-refractivity contribution in [1.29, 1.82) is 0 Å². The van der Waals surface area contributed by atoms with E-state index in [1.165, 1.54) is 19.4 Å². The van der Waals surface area contributed by atoms with Crippen LogP contribution in [-0.2, 0) is 11.0 Å². The molecule has 1 aliphatic heterocycles. The second-order valence-electron chi connectivity index (χ2n) is 10.0. The number of likely N-dealkylation sites (tertiary alicyclic amines) is 1. The second-order valence-corrected chi connectivity index (χ2v) is 10.0. The quantitative estimate of drug-likeness (QED) is 0.862. The molecule has 1 saturated carbocycles. The van der Waals surface area contributed by atoms with Crippen LogP contribution in [0.15, 0.2) is 6.07 Å². The first-order chi connectivity index (χ1) is 12.0. The van der Waals surface area contributed by atoms with E-state index in [2.05, 4.69) is 57.1 Å². The van der Waals surface area contributed by atoms with E-state index in [1.807, 2.05) is 10.7 Å². The molecule has 1 unspecified atom stereocenters. The molecule has 0 bridgehead atoms. The summed E-state index contributed by atoms with van der Waals surface area (Å²) in [5.41, 5.74) is 0.734. The highest BCUT2D eigenvalue weighted by atomic mass is 16.2. The van der Waals surface area contributed by atoms with E-state index in [0.717, 1.165) is 36.9 Å². The van der Waals surface area contributed by atoms with Crippen LogP contribution in [0, 0.1) is 5.92 Å². The summed E-state index contributed by atoms with van der Waals surface area (Å²) in [4.78, 5) is 15.1. The van der Waals surface area contributed by atoms with Crippen molar-refractivity contribution >= 4 is 11.8 Å². The number of hydrogen-bond donors (Lipinski definition) is 2. The number of aromatic nitrogens is 2. The van der Waals surface area contributed by atoms with Gasteiger partial charge in [0.2, 0.25) is 0 Å². The van der Waals surface area contributed by atoms with Gasteiger partial charge in [-0.2, -0.15) is 5.10 Å². The zero-order valence-electron chi connectivity index (χ0n) is 17.2. The van der Waals surface area contributed by atoms with Gasteiger partial charge in [0.1, 0.15) is 5.82 Å². The van der Waals surface area contributed by atoms with Gasteiger partial charge in [0.15, 0.2) is 0 Å². The molecule has 1 aromatic rings. The van der Waals surface area contributed by atoms with Gasteiger partial charge in [-0.3, -0.25) is 5.32 Å². The normalized spacial score (nSPS) is 21.8. The number of hydrogen-bond acceptors (Lipinski definition) is 3. The van der Waals surface area contributed by atoms with Crippen molar-refractivity contribution in [2.24, 2.45) is 5.92 Å². The van der Waals surface area contributed by atoms with Gasteiger partial charge in [-0.15, -0.1) is 0 Å². The predicted molar refractivity (Wildman–Crippen MR) is 106 cm³/mol. The fourth-order valence-corrected chi connectivity index (χ4v) is 3.47. The molecule has 6 nitrogen and oxygen atoms in total. The molecule has 2 aliphatic rings. The van der Waals surface area contributed by atoms with Crippen molar-refractivity contribution in [2.45, 2.75) is 77.8 Å². The van der Waals surface area contributed by atoms with Crippen LogP contribution in [0.2, 0.25) is 0 Å². The van der Waals surface area contributed by atoms with Crippen LogP contribution in [-0.4, -0.2) is 46.4 Å². The lowest BCUT2D eigenvalue weighted by atomic mass is 9.92. The van der Waals surface area contributed by atoms with E-state index in [0.29, 0.717) is 0 Å². The third-order valence-corrected chi connectivity index (χ3v) is 5.18. The Bertz CT molecular complexity index is 648. The Morgan fingerprint density at radius 2 is 1.88 bits per heavy atom. The number of nitrogens with zero attached hydrogens (tertiary/aromatic N) is 3. The van der Waals surface area contributed by atoms with E-state index in [4.69, 9.17) is 5.10 Å². The second kappa shape index (κ2) is 6.87. The van der Waals surface area contributed by atoms with Crippen LogP contribution >= 0.6 is 0 Å². The molecule has 1 aliphatic carbocycles. The summed E-state index contributed by atoms with van der Waals surface area (Å²) < 4.78 is 1.92. The molecule has 6 heteroatoms. The largest absolute Gasteiger partial charge is 0.334 e. The lowest BCUT2D eigenvalue weighted by Crippen LogP contribution is -2.40. The van der Waals surface area contributed by atoms with Gasteiger partial charge in [-0.05, 0) is 46.0 Å². The number of urea groups is 1. The van der Waals surface area contributed by atoms with Crippen LogP contribution in [0.25, 0.3) is 0 Å². The Labute approximate surface area is 157 Å². The molecule has 2 fully saturated rings. The Balaban J connectivity index is 1.62. The molecule has 2 N–H and O–H groups in total. The van der Waals surface area contributed by atoms with Crippen molar-refractivity contribution in [3.8, 4) is 0 Å². The summed E-state index contributed by atoms with van der Waals surface area (Å²) in [6.07, 6.45) is 3.79. The summed E-state index contributed by atoms with van der Waals surface area (Å²) in [6, 6.07) is 2.11. The zero-order chi connectivity index (χ0) is 19.1. The maximum atomic E-state index is 12.6. The van der Waals surface area contributed by atoms with Gasteiger partial charge in [0, 0.05) is 37.2 Å². The first kappa shape index (κ1) is 19.2. The van der Waals surface area contributed by atoms with Crippen molar-refractivity contribution in [3.05, 3.63) is 11.8 Å². The Morgan fingerprint density at radius 1 is 1.19 bits per heavy atom. The van der Waals surface area contributed by atoms with Gasteiger partial charge in [-0.25, -0.2) is 9.48 Å². The third-order valence-electron chi connectivity index (χ3n) is 5.18. The summed E-state index contributed by atoms with van der Waals surface area (Å²) in [5.74, 6) is 1.66. The van der Waals surface area contributed by atoms with Gasteiger partial charge in [0.25, 0.3) is 0 Å². The smallest absolute Gasteiger partial charge is 0.320 e. The van der Waals surface area contributed by atoms with Crippen LogP contribution in [0.1, 0.15) is 66.5 Å². The zero-order valence-corrected chi connectivity index (χ0v) is 17.2. The van der Waals surface area contributed by atoms with Gasteiger partial charge < -0.3 is 10.2 Å². The molecular formula is C20H35N5O. The minimum Gasteiger partial charge on any atom is -0.334 e. The molecule has 2 heterocycles. The molecule has 2 amide bonds. The van der Waals surface area contributed by atoms with E-state index < -0.39 is 0 Å². The number of amides is 2. The first-order valence-electron chi connectivity index (χ1n) is 9.93. The van der Waals surface area contributed by atoms with Gasteiger partial charge in [0.05, 0.1) is 11.2 Å². The fraction of sp³-hybridized carbons (Fsp3) is 0.800. The number of carbonyl (C=O) groups is 1. The lowest BCUT2D eigenvalue weighted by molar-refractivity contribution is 0.246. The summed E-state index contributed by atoms with van der Waals surface area (Å²) in [6.45, 7) is 16.0. The molecule has 1 atom stereocenters. The maximum Gasteiger partial charge on any atom is 0.320 e. The van der Waals surface area contributed by atoms with Crippen LogP contribution in [0.5, 0.6) is 0 Å². The van der Waals surface area contributed by atoms with E-state index in [1.54, 1.807) is 0 Å². The monoisotopic (exact) mass is 361 g/mol. The lowest BCUT2D eigenvalue weighted by Gasteiger charge is -2.23. The van der Waals surface area contributed by atoms with Crippen LogP contribution < -0.4 is 10.6 Å². The fourth-order valence-electron chi connectivity index (χ4n) is 3.47. The van der Waals surface area contributed by atoms with Gasteiger partial charge in [-0.1, -0.05) is 20.8 Å². The minimum atomic E-state index is -0.194. The Morgan fingerprint density at radius 3 is 2.46 bits per heavy atom. The summed E-state index contributed by atoms with van der Waals surface area (Å²) in [7, 11) is 0. The predicted octanol–water partition coefficient (Wildman–Crippen LogP) is 3.54. The number of carbonyl (C=O) groups excluding carboxylic acids is 1. The molecule has 0 aromatic carbocycles. The average molecular weight is 362 g/mol. The topological polar surface area (TPSA) is 62.2 Å². The molecule has 26 heavy (non-hydrogen) atoms. The van der Waals surface area contributed by atoms with E-state index >= 15 is 0 Å². The highest BCUT2D eigenvalue weighted by molar-refractivity contribution is 5.88. The van der Waals surface area contributed by atoms with Crippen molar-refractivity contribution < 1.29 is 4.79 Å². The molecular weight excluding hydrogens is 326 g/mol. The number of rotatable bonds is 4.